The van der Waals surface area contributed by atoms with E-state index < -0.39 is 18.2 Å². The lowest BCUT2D eigenvalue weighted by molar-refractivity contribution is -0.136. The minimum atomic E-state index is -0.727. The molecular formula is C20H22FN5O3S. The van der Waals surface area contributed by atoms with Crippen molar-refractivity contribution in [1.29, 1.82) is 0 Å². The Balaban J connectivity index is 1.47. The second-order valence-corrected chi connectivity index (χ2v) is 8.47. The van der Waals surface area contributed by atoms with Crippen molar-refractivity contribution in [2.45, 2.75) is 24.7 Å². The van der Waals surface area contributed by atoms with Gasteiger partial charge in [0, 0.05) is 24.9 Å². The molecule has 1 N–H and O–H groups in total. The lowest BCUT2D eigenvalue weighted by atomic mass is 9.91. The fourth-order valence-corrected chi connectivity index (χ4v) is 4.79. The van der Waals surface area contributed by atoms with E-state index in [1.807, 2.05) is 17.5 Å². The summed E-state index contributed by atoms with van der Waals surface area (Å²) in [7, 11) is 3.00. The minimum absolute atomic E-state index is 0.0710. The molecule has 158 valence electrons. The third-order valence-corrected chi connectivity index (χ3v) is 6.54. The van der Waals surface area contributed by atoms with Crippen molar-refractivity contribution in [3.8, 4) is 0 Å². The summed E-state index contributed by atoms with van der Waals surface area (Å²) in [5.74, 6) is -1.02. The van der Waals surface area contributed by atoms with Crippen molar-refractivity contribution < 1.29 is 18.8 Å². The summed E-state index contributed by atoms with van der Waals surface area (Å²) in [5.41, 5.74) is 0. The monoisotopic (exact) mass is 431 g/mol. The number of amides is 4. The molecule has 0 radical (unpaired) electrons. The standard InChI is InChI=1S/C20H22FN5O3S/c1-24-18-17(19(28)25(2)20(24)29)26(11-22-18)10-15(27)23-16(14-4-3-9-30-14)12-5-7-13(21)8-6-12/h3-5,7-9,11-12,16-18H,6,10H2,1-2H3,(H,23,27). The summed E-state index contributed by atoms with van der Waals surface area (Å²) in [6.45, 7) is -0.0746. The van der Waals surface area contributed by atoms with Crippen molar-refractivity contribution in [2.75, 3.05) is 20.6 Å². The number of nitrogens with one attached hydrogen (secondary N) is 1. The number of carbonyl (C=O) groups excluding carboxylic acids is 3. The highest BCUT2D eigenvalue weighted by atomic mass is 32.1. The van der Waals surface area contributed by atoms with Gasteiger partial charge >= 0.3 is 6.03 Å². The fourth-order valence-electron chi connectivity index (χ4n) is 3.94. The summed E-state index contributed by atoms with van der Waals surface area (Å²) in [4.78, 5) is 46.8. The van der Waals surface area contributed by atoms with Gasteiger partial charge < -0.3 is 15.1 Å². The van der Waals surface area contributed by atoms with Crippen LogP contribution in [0.2, 0.25) is 0 Å². The number of hydrogen-bond acceptors (Lipinski definition) is 6. The molecule has 4 rings (SSSR count). The van der Waals surface area contributed by atoms with Crippen molar-refractivity contribution >= 4 is 35.5 Å². The van der Waals surface area contributed by atoms with Gasteiger partial charge in [-0.05, 0) is 30.0 Å². The van der Waals surface area contributed by atoms with Crippen molar-refractivity contribution in [2.24, 2.45) is 10.9 Å². The van der Waals surface area contributed by atoms with E-state index in [4.69, 9.17) is 0 Å². The molecule has 2 aliphatic heterocycles. The first-order chi connectivity index (χ1) is 14.4. The van der Waals surface area contributed by atoms with Crippen LogP contribution in [0.25, 0.3) is 0 Å². The number of imide groups is 1. The summed E-state index contributed by atoms with van der Waals surface area (Å²) in [6.07, 6.45) is 6.00. The first-order valence-corrected chi connectivity index (χ1v) is 10.4. The maximum absolute atomic E-state index is 13.4. The third kappa shape index (κ3) is 3.62. The Morgan fingerprint density at radius 3 is 2.87 bits per heavy atom. The number of rotatable bonds is 5. The van der Waals surface area contributed by atoms with Gasteiger partial charge in [-0.3, -0.25) is 14.5 Å². The number of hydrogen-bond donors (Lipinski definition) is 1. The molecular weight excluding hydrogens is 409 g/mol. The number of halogens is 1. The van der Waals surface area contributed by atoms with E-state index >= 15 is 0 Å². The Bertz CT molecular complexity index is 944. The molecule has 3 aliphatic rings. The Hall–Kier alpha value is -3.01. The third-order valence-electron chi connectivity index (χ3n) is 5.58. The summed E-state index contributed by atoms with van der Waals surface area (Å²) >= 11 is 1.52. The molecule has 1 fully saturated rings. The van der Waals surface area contributed by atoms with Crippen molar-refractivity contribution in [1.82, 2.24) is 20.0 Å². The van der Waals surface area contributed by atoms with Crippen LogP contribution in [0.4, 0.5) is 9.18 Å². The molecule has 1 aromatic heterocycles. The van der Waals surface area contributed by atoms with Gasteiger partial charge in [-0.1, -0.05) is 12.1 Å². The summed E-state index contributed by atoms with van der Waals surface area (Å²) in [6, 6.07) is 2.39. The van der Waals surface area contributed by atoms with Crippen LogP contribution in [0.5, 0.6) is 0 Å². The fraction of sp³-hybridized carbons (Fsp3) is 0.400. The van der Waals surface area contributed by atoms with Gasteiger partial charge in [-0.25, -0.2) is 14.2 Å². The lowest BCUT2D eigenvalue weighted by Gasteiger charge is -2.39. The number of urea groups is 1. The molecule has 4 unspecified atom stereocenters. The molecule has 1 aliphatic carbocycles. The lowest BCUT2D eigenvalue weighted by Crippen LogP contribution is -2.64. The Morgan fingerprint density at radius 1 is 1.40 bits per heavy atom. The predicted octanol–water partition coefficient (Wildman–Crippen LogP) is 1.90. The molecule has 30 heavy (non-hydrogen) atoms. The van der Waals surface area contributed by atoms with Crippen LogP contribution in [0, 0.1) is 5.92 Å². The summed E-state index contributed by atoms with van der Waals surface area (Å²) < 4.78 is 13.4. The number of fused-ring (bicyclic) bond motifs is 1. The highest BCUT2D eigenvalue weighted by molar-refractivity contribution is 7.10. The molecule has 4 atom stereocenters. The van der Waals surface area contributed by atoms with Crippen molar-refractivity contribution in [3.05, 3.63) is 46.4 Å². The van der Waals surface area contributed by atoms with Crippen LogP contribution >= 0.6 is 11.3 Å². The average Bonchev–Trinajstić information content (AvgIpc) is 3.40. The molecule has 3 heterocycles. The second-order valence-electron chi connectivity index (χ2n) is 7.49. The van der Waals surface area contributed by atoms with Gasteiger partial charge in [0.15, 0.2) is 12.2 Å². The average molecular weight is 431 g/mol. The molecule has 4 amide bonds. The summed E-state index contributed by atoms with van der Waals surface area (Å²) in [5, 5.41) is 4.96. The van der Waals surface area contributed by atoms with Crippen LogP contribution in [-0.2, 0) is 9.59 Å². The largest absolute Gasteiger partial charge is 0.346 e. The Morgan fingerprint density at radius 2 is 2.20 bits per heavy atom. The number of thiophene rings is 1. The molecule has 10 heteroatoms. The number of aliphatic imine (C=N–C) groups is 1. The normalized spacial score (nSPS) is 26.7. The predicted molar refractivity (Wildman–Crippen MR) is 110 cm³/mol. The van der Waals surface area contributed by atoms with E-state index in [2.05, 4.69) is 10.3 Å². The van der Waals surface area contributed by atoms with E-state index in [1.165, 1.54) is 41.8 Å². The Labute approximate surface area is 177 Å². The topological polar surface area (TPSA) is 85.3 Å². The van der Waals surface area contributed by atoms with Crippen LogP contribution in [0.1, 0.15) is 17.3 Å². The van der Waals surface area contributed by atoms with Gasteiger partial charge in [0.05, 0.1) is 18.9 Å². The van der Waals surface area contributed by atoms with Crippen molar-refractivity contribution in [3.63, 3.8) is 0 Å². The van der Waals surface area contributed by atoms with E-state index in [1.54, 1.807) is 18.0 Å². The molecule has 1 saturated heterocycles. The van der Waals surface area contributed by atoms with Crippen LogP contribution in [-0.4, -0.2) is 71.7 Å². The number of likely N-dealkylation sites (N-methyl/N-ethyl adjacent to an activating group) is 2. The molecule has 0 aromatic carbocycles. The SMILES string of the molecule is CN1C(=O)C2C(N=CN2CC(=O)NC(c2cccs2)C2C=CC(F)=CC2)N(C)C1=O. The molecule has 0 spiro atoms. The molecule has 1 aromatic rings. The number of nitrogens with zero attached hydrogens (tertiary/aromatic N) is 4. The van der Waals surface area contributed by atoms with Crippen LogP contribution in [0.15, 0.2) is 46.6 Å². The second kappa shape index (κ2) is 8.02. The Kier molecular flexibility index (Phi) is 5.42. The number of allylic oxidation sites excluding steroid dienone is 3. The van der Waals surface area contributed by atoms with Gasteiger partial charge in [-0.15, -0.1) is 11.3 Å². The smallest absolute Gasteiger partial charge is 0.328 e. The zero-order valence-electron chi connectivity index (χ0n) is 16.6. The molecule has 0 bridgehead atoms. The van der Waals surface area contributed by atoms with Gasteiger partial charge in [0.2, 0.25) is 5.91 Å². The van der Waals surface area contributed by atoms with Crippen LogP contribution < -0.4 is 5.32 Å². The number of carbonyl (C=O) groups is 3. The van der Waals surface area contributed by atoms with E-state index in [0.717, 1.165) is 9.78 Å². The minimum Gasteiger partial charge on any atom is -0.346 e. The van der Waals surface area contributed by atoms with E-state index in [-0.39, 0.29) is 36.1 Å². The van der Waals surface area contributed by atoms with E-state index in [0.29, 0.717) is 6.42 Å². The van der Waals surface area contributed by atoms with Gasteiger partial charge in [0.25, 0.3) is 5.91 Å². The molecule has 8 nitrogen and oxygen atoms in total. The van der Waals surface area contributed by atoms with Gasteiger partial charge in [0.1, 0.15) is 5.83 Å². The first-order valence-electron chi connectivity index (χ1n) is 9.57. The highest BCUT2D eigenvalue weighted by Crippen LogP contribution is 2.32. The zero-order chi connectivity index (χ0) is 21.4. The zero-order valence-corrected chi connectivity index (χ0v) is 17.4. The quantitative estimate of drug-likeness (QED) is 0.772. The first kappa shape index (κ1) is 20.3. The van der Waals surface area contributed by atoms with Crippen LogP contribution in [0.3, 0.4) is 0 Å². The van der Waals surface area contributed by atoms with Gasteiger partial charge in [-0.2, -0.15) is 0 Å². The molecule has 0 saturated carbocycles. The maximum Gasteiger partial charge on any atom is 0.328 e. The maximum atomic E-state index is 13.4. The van der Waals surface area contributed by atoms with E-state index in [9.17, 15) is 18.8 Å². The highest BCUT2D eigenvalue weighted by Gasteiger charge is 2.48.